The predicted molar refractivity (Wildman–Crippen MR) is 70.9 cm³/mol. The largest absolute Gasteiger partial charge is 0.386 e. The molecule has 3 atom stereocenters. The minimum Gasteiger partial charge on any atom is -0.386 e. The number of likely N-dealkylation sites (tertiary alicyclic amines) is 1. The molecule has 1 N–H and O–H groups in total. The Balaban J connectivity index is 2.03. The summed E-state index contributed by atoms with van der Waals surface area (Å²) in [7, 11) is 0. The highest BCUT2D eigenvalue weighted by Crippen LogP contribution is 2.31. The molecule has 0 saturated carbocycles. The lowest BCUT2D eigenvalue weighted by atomic mass is 9.94. The lowest BCUT2D eigenvalue weighted by Crippen LogP contribution is -2.56. The van der Waals surface area contributed by atoms with Crippen LogP contribution in [0.25, 0.3) is 0 Å². The lowest BCUT2D eigenvalue weighted by molar-refractivity contribution is -0.176. The SMILES string of the molecule is CC1(C)OC[C@H]([C@H](O)[C@@](C)(F)C(=O)N2CCCCC2)O1. The van der Waals surface area contributed by atoms with Crippen LogP contribution in [0.2, 0.25) is 0 Å². The van der Waals surface area contributed by atoms with Gasteiger partial charge in [0.1, 0.15) is 12.2 Å². The van der Waals surface area contributed by atoms with Crippen molar-refractivity contribution >= 4 is 5.91 Å². The molecule has 1 amide bonds. The Bertz CT molecular complexity index is 366. The van der Waals surface area contributed by atoms with Crippen molar-refractivity contribution in [2.75, 3.05) is 19.7 Å². The van der Waals surface area contributed by atoms with Crippen LogP contribution in [-0.4, -0.2) is 59.3 Å². The van der Waals surface area contributed by atoms with Crippen molar-refractivity contribution in [3.63, 3.8) is 0 Å². The van der Waals surface area contributed by atoms with E-state index in [-0.39, 0.29) is 6.61 Å². The van der Waals surface area contributed by atoms with E-state index in [0.717, 1.165) is 26.2 Å². The Morgan fingerprint density at radius 1 is 1.40 bits per heavy atom. The van der Waals surface area contributed by atoms with Crippen LogP contribution in [0.15, 0.2) is 0 Å². The molecule has 0 aromatic rings. The number of aliphatic hydroxyl groups excluding tert-OH is 1. The highest BCUT2D eigenvalue weighted by molar-refractivity contribution is 5.85. The van der Waals surface area contributed by atoms with Gasteiger partial charge in [0.25, 0.3) is 5.91 Å². The van der Waals surface area contributed by atoms with Gasteiger partial charge in [-0.3, -0.25) is 4.79 Å². The van der Waals surface area contributed by atoms with Crippen LogP contribution in [0.5, 0.6) is 0 Å². The van der Waals surface area contributed by atoms with Crippen LogP contribution < -0.4 is 0 Å². The van der Waals surface area contributed by atoms with E-state index in [9.17, 15) is 14.3 Å². The smallest absolute Gasteiger partial charge is 0.262 e. The van der Waals surface area contributed by atoms with Gasteiger partial charge < -0.3 is 19.5 Å². The quantitative estimate of drug-likeness (QED) is 0.849. The van der Waals surface area contributed by atoms with Gasteiger partial charge in [-0.05, 0) is 40.0 Å². The third kappa shape index (κ3) is 3.13. The third-order valence-electron chi connectivity index (χ3n) is 4.00. The number of hydrogen-bond donors (Lipinski definition) is 1. The number of piperidine rings is 1. The molecule has 2 saturated heterocycles. The van der Waals surface area contributed by atoms with E-state index < -0.39 is 29.6 Å². The molecule has 0 radical (unpaired) electrons. The first kappa shape index (κ1) is 15.7. The van der Waals surface area contributed by atoms with Gasteiger partial charge in [0.05, 0.1) is 6.61 Å². The molecule has 20 heavy (non-hydrogen) atoms. The summed E-state index contributed by atoms with van der Waals surface area (Å²) in [5.74, 6) is -1.51. The van der Waals surface area contributed by atoms with Crippen molar-refractivity contribution in [2.45, 2.75) is 63.7 Å². The van der Waals surface area contributed by atoms with E-state index in [1.165, 1.54) is 4.90 Å². The molecule has 116 valence electrons. The van der Waals surface area contributed by atoms with Crippen LogP contribution in [0.4, 0.5) is 4.39 Å². The van der Waals surface area contributed by atoms with E-state index in [2.05, 4.69) is 0 Å². The van der Waals surface area contributed by atoms with Crippen LogP contribution in [0.3, 0.4) is 0 Å². The van der Waals surface area contributed by atoms with Crippen molar-refractivity contribution in [3.05, 3.63) is 0 Å². The number of hydrogen-bond acceptors (Lipinski definition) is 4. The fourth-order valence-corrected chi connectivity index (χ4v) is 2.75. The van der Waals surface area contributed by atoms with Crippen LogP contribution in [-0.2, 0) is 14.3 Å². The van der Waals surface area contributed by atoms with Gasteiger partial charge in [-0.2, -0.15) is 0 Å². The first-order chi connectivity index (χ1) is 9.24. The van der Waals surface area contributed by atoms with Crippen molar-refractivity contribution in [1.82, 2.24) is 4.90 Å². The van der Waals surface area contributed by atoms with Gasteiger partial charge in [0.15, 0.2) is 5.79 Å². The maximum absolute atomic E-state index is 14.8. The van der Waals surface area contributed by atoms with Crippen molar-refractivity contribution in [3.8, 4) is 0 Å². The monoisotopic (exact) mass is 289 g/mol. The predicted octanol–water partition coefficient (Wildman–Crippen LogP) is 1.24. The van der Waals surface area contributed by atoms with Gasteiger partial charge >= 0.3 is 0 Å². The summed E-state index contributed by atoms with van der Waals surface area (Å²) in [6.45, 7) is 5.71. The van der Waals surface area contributed by atoms with E-state index in [0.29, 0.717) is 13.1 Å². The number of halogens is 1. The molecule has 0 aromatic heterocycles. The number of carbonyl (C=O) groups is 1. The van der Waals surface area contributed by atoms with E-state index >= 15 is 0 Å². The zero-order chi connectivity index (χ0) is 15.0. The van der Waals surface area contributed by atoms with Crippen molar-refractivity contribution < 1.29 is 23.8 Å². The maximum Gasteiger partial charge on any atom is 0.262 e. The number of nitrogens with zero attached hydrogens (tertiary/aromatic N) is 1. The molecule has 2 aliphatic heterocycles. The Labute approximate surface area is 119 Å². The van der Waals surface area contributed by atoms with Gasteiger partial charge in [-0.25, -0.2) is 4.39 Å². The topological polar surface area (TPSA) is 59.0 Å². The van der Waals surface area contributed by atoms with Gasteiger partial charge in [0.2, 0.25) is 5.67 Å². The summed E-state index contributed by atoms with van der Waals surface area (Å²) in [5.41, 5.74) is -2.36. The van der Waals surface area contributed by atoms with E-state index in [1.54, 1.807) is 13.8 Å². The third-order valence-corrected chi connectivity index (χ3v) is 4.00. The maximum atomic E-state index is 14.8. The molecule has 5 nitrogen and oxygen atoms in total. The second-order valence-electron chi connectivity index (χ2n) is 6.24. The number of amides is 1. The van der Waals surface area contributed by atoms with Crippen LogP contribution in [0, 0.1) is 0 Å². The Hall–Kier alpha value is -0.720. The summed E-state index contributed by atoms with van der Waals surface area (Å²) >= 11 is 0. The number of rotatable bonds is 3. The Morgan fingerprint density at radius 2 is 2.00 bits per heavy atom. The lowest BCUT2D eigenvalue weighted by Gasteiger charge is -2.35. The average molecular weight is 289 g/mol. The summed E-state index contributed by atoms with van der Waals surface area (Å²) in [6, 6.07) is 0. The molecule has 0 aliphatic carbocycles. The molecule has 2 fully saturated rings. The average Bonchev–Trinajstić information content (AvgIpc) is 2.78. The van der Waals surface area contributed by atoms with E-state index in [1.807, 2.05) is 0 Å². The zero-order valence-electron chi connectivity index (χ0n) is 12.4. The highest BCUT2D eigenvalue weighted by Gasteiger charge is 2.51. The Morgan fingerprint density at radius 3 is 2.50 bits per heavy atom. The molecule has 0 aromatic carbocycles. The first-order valence-electron chi connectivity index (χ1n) is 7.22. The molecule has 2 heterocycles. The summed E-state index contributed by atoms with van der Waals surface area (Å²) in [5, 5.41) is 10.2. The van der Waals surface area contributed by atoms with E-state index in [4.69, 9.17) is 9.47 Å². The molecule has 2 rings (SSSR count). The summed E-state index contributed by atoms with van der Waals surface area (Å²) in [4.78, 5) is 13.8. The standard InChI is InChI=1S/C14H24FNO4/c1-13(2)19-9-10(20-13)11(17)14(3,15)12(18)16-7-5-4-6-8-16/h10-11,17H,4-9H2,1-3H3/t10-,11+,14-/m1/s1. The highest BCUT2D eigenvalue weighted by atomic mass is 19.1. The molecular weight excluding hydrogens is 265 g/mol. The molecule has 0 unspecified atom stereocenters. The molecule has 2 aliphatic rings. The number of aliphatic hydroxyl groups is 1. The second-order valence-corrected chi connectivity index (χ2v) is 6.24. The molecular formula is C14H24FNO4. The fraction of sp³-hybridized carbons (Fsp3) is 0.929. The summed E-state index contributed by atoms with van der Waals surface area (Å²) < 4.78 is 25.6. The second kappa shape index (κ2) is 5.58. The van der Waals surface area contributed by atoms with Gasteiger partial charge in [-0.1, -0.05) is 0 Å². The van der Waals surface area contributed by atoms with Crippen molar-refractivity contribution in [1.29, 1.82) is 0 Å². The minimum atomic E-state index is -2.36. The molecule has 0 bridgehead atoms. The number of ether oxygens (including phenoxy) is 2. The van der Waals surface area contributed by atoms with Gasteiger partial charge in [0, 0.05) is 13.1 Å². The Kier molecular flexibility index (Phi) is 4.37. The van der Waals surface area contributed by atoms with Gasteiger partial charge in [-0.15, -0.1) is 0 Å². The first-order valence-corrected chi connectivity index (χ1v) is 7.22. The molecule has 6 heteroatoms. The minimum absolute atomic E-state index is 0.0843. The fourth-order valence-electron chi connectivity index (χ4n) is 2.75. The van der Waals surface area contributed by atoms with Crippen molar-refractivity contribution in [2.24, 2.45) is 0 Å². The molecule has 0 spiro atoms. The normalized spacial score (nSPS) is 30.9. The number of carbonyl (C=O) groups excluding carboxylic acids is 1. The van der Waals surface area contributed by atoms with Crippen LogP contribution >= 0.6 is 0 Å². The number of alkyl halides is 1. The zero-order valence-corrected chi connectivity index (χ0v) is 12.4. The summed E-state index contributed by atoms with van der Waals surface area (Å²) in [6.07, 6.45) is 0.470. The van der Waals surface area contributed by atoms with Crippen LogP contribution in [0.1, 0.15) is 40.0 Å².